The first kappa shape index (κ1) is 20.0. The molecule has 0 saturated heterocycles. The Labute approximate surface area is 151 Å². The highest BCUT2D eigenvalue weighted by molar-refractivity contribution is 5.78. The van der Waals surface area contributed by atoms with Crippen LogP contribution in [0.5, 0.6) is 0 Å². The van der Waals surface area contributed by atoms with Crippen LogP contribution in [0, 0.1) is 19.8 Å². The maximum Gasteiger partial charge on any atom is 0.435 e. The lowest BCUT2D eigenvalue weighted by atomic mass is 10.0. The first-order valence-corrected chi connectivity index (χ1v) is 8.60. The Morgan fingerprint density at radius 1 is 1.23 bits per heavy atom. The van der Waals surface area contributed by atoms with Gasteiger partial charge in [-0.25, -0.2) is 0 Å². The van der Waals surface area contributed by atoms with Crippen LogP contribution in [0.1, 0.15) is 48.8 Å². The number of rotatable bonds is 6. The van der Waals surface area contributed by atoms with E-state index in [1.165, 1.54) is 4.68 Å². The van der Waals surface area contributed by atoms with E-state index in [1.54, 1.807) is 13.8 Å². The maximum atomic E-state index is 12.8. The molecule has 0 spiro atoms. The van der Waals surface area contributed by atoms with Gasteiger partial charge in [-0.1, -0.05) is 43.7 Å². The Kier molecular flexibility index (Phi) is 6.10. The molecule has 1 amide bonds. The van der Waals surface area contributed by atoms with Crippen molar-refractivity contribution in [3.63, 3.8) is 0 Å². The minimum atomic E-state index is -4.49. The molecular formula is C19H24F3N3O. The highest BCUT2D eigenvalue weighted by atomic mass is 19.4. The second kappa shape index (κ2) is 7.93. The van der Waals surface area contributed by atoms with Crippen LogP contribution in [0.3, 0.4) is 0 Å². The summed E-state index contributed by atoms with van der Waals surface area (Å²) in [5.74, 6) is -0.713. The average Bonchev–Trinajstić information content (AvgIpc) is 2.94. The van der Waals surface area contributed by atoms with Gasteiger partial charge in [-0.15, -0.1) is 0 Å². The largest absolute Gasteiger partial charge is 0.435 e. The highest BCUT2D eigenvalue weighted by Crippen LogP contribution is 2.28. The predicted octanol–water partition coefficient (Wildman–Crippen LogP) is 4.42. The zero-order valence-electron chi connectivity index (χ0n) is 15.4. The minimum Gasteiger partial charge on any atom is -0.349 e. The summed E-state index contributed by atoms with van der Waals surface area (Å²) in [5.41, 5.74) is 1.59. The number of benzene rings is 1. The maximum absolute atomic E-state index is 12.8. The Morgan fingerprint density at radius 3 is 2.35 bits per heavy atom. The van der Waals surface area contributed by atoms with Crippen molar-refractivity contribution in [2.45, 2.75) is 52.9 Å². The molecule has 1 N–H and O–H groups in total. The Morgan fingerprint density at radius 2 is 1.85 bits per heavy atom. The van der Waals surface area contributed by atoms with Crippen LogP contribution in [-0.4, -0.2) is 15.7 Å². The van der Waals surface area contributed by atoms with E-state index in [0.717, 1.165) is 23.6 Å². The predicted molar refractivity (Wildman–Crippen MR) is 93.5 cm³/mol. The number of alkyl halides is 3. The molecule has 26 heavy (non-hydrogen) atoms. The number of nitrogens with zero attached hydrogens (tertiary/aromatic N) is 2. The number of amides is 1. The first-order chi connectivity index (χ1) is 12.1. The number of nitrogens with one attached hydrogen (secondary N) is 1. The van der Waals surface area contributed by atoms with Crippen LogP contribution in [0.15, 0.2) is 30.3 Å². The van der Waals surface area contributed by atoms with Gasteiger partial charge in [-0.05, 0) is 31.9 Å². The molecule has 7 heteroatoms. The van der Waals surface area contributed by atoms with Gasteiger partial charge in [0.15, 0.2) is 5.69 Å². The Bertz CT molecular complexity index is 750. The summed E-state index contributed by atoms with van der Waals surface area (Å²) in [6.45, 7) is 7.30. The van der Waals surface area contributed by atoms with Crippen molar-refractivity contribution in [1.82, 2.24) is 15.1 Å². The van der Waals surface area contributed by atoms with Crippen LogP contribution < -0.4 is 5.32 Å². The molecule has 4 nitrogen and oxygen atoms in total. The topological polar surface area (TPSA) is 46.9 Å². The van der Waals surface area contributed by atoms with Crippen molar-refractivity contribution in [3.05, 3.63) is 52.8 Å². The smallest absolute Gasteiger partial charge is 0.349 e. The van der Waals surface area contributed by atoms with E-state index in [1.807, 2.05) is 38.1 Å². The number of aryl methyl sites for hydroxylation is 2. The third-order valence-corrected chi connectivity index (χ3v) is 4.37. The monoisotopic (exact) mass is 367 g/mol. The van der Waals surface area contributed by atoms with Gasteiger partial charge in [-0.3, -0.25) is 9.48 Å². The van der Waals surface area contributed by atoms with Gasteiger partial charge in [0.2, 0.25) is 5.91 Å². The van der Waals surface area contributed by atoms with Crippen LogP contribution in [0.2, 0.25) is 0 Å². The fourth-order valence-electron chi connectivity index (χ4n) is 2.71. The molecule has 0 aliphatic heterocycles. The molecule has 2 rings (SSSR count). The van der Waals surface area contributed by atoms with E-state index in [-0.39, 0.29) is 18.5 Å². The Hall–Kier alpha value is -2.31. The number of carbonyl (C=O) groups is 1. The van der Waals surface area contributed by atoms with E-state index in [0.29, 0.717) is 5.69 Å². The normalized spacial score (nSPS) is 14.1. The molecule has 1 aromatic carbocycles. The number of aromatic nitrogens is 2. The molecule has 1 heterocycles. The van der Waals surface area contributed by atoms with Gasteiger partial charge >= 0.3 is 6.18 Å². The summed E-state index contributed by atoms with van der Waals surface area (Å²) in [6.07, 6.45) is -3.76. The zero-order chi connectivity index (χ0) is 19.5. The fourth-order valence-corrected chi connectivity index (χ4v) is 2.71. The quantitative estimate of drug-likeness (QED) is 0.821. The van der Waals surface area contributed by atoms with E-state index < -0.39 is 17.8 Å². The van der Waals surface area contributed by atoms with Gasteiger partial charge in [0.05, 0.1) is 18.5 Å². The van der Waals surface area contributed by atoms with E-state index in [4.69, 9.17) is 0 Å². The van der Waals surface area contributed by atoms with E-state index >= 15 is 0 Å². The number of carbonyl (C=O) groups excluding carboxylic acids is 1. The van der Waals surface area contributed by atoms with Crippen LogP contribution in [0.25, 0.3) is 0 Å². The second-order valence-electron chi connectivity index (χ2n) is 6.63. The summed E-state index contributed by atoms with van der Waals surface area (Å²) in [5, 5.41) is 6.56. The molecule has 0 saturated carbocycles. The van der Waals surface area contributed by atoms with Crippen LogP contribution in [0.4, 0.5) is 13.2 Å². The summed E-state index contributed by atoms with van der Waals surface area (Å²) >= 11 is 0. The van der Waals surface area contributed by atoms with Gasteiger partial charge in [0.1, 0.15) is 0 Å². The molecule has 1 aromatic heterocycles. The van der Waals surface area contributed by atoms with Crippen molar-refractivity contribution in [3.8, 4) is 0 Å². The zero-order valence-corrected chi connectivity index (χ0v) is 15.4. The lowest BCUT2D eigenvalue weighted by molar-refractivity contribution is -0.141. The van der Waals surface area contributed by atoms with Crippen molar-refractivity contribution >= 4 is 5.91 Å². The van der Waals surface area contributed by atoms with Crippen LogP contribution >= 0.6 is 0 Å². The Balaban J connectivity index is 2.05. The summed E-state index contributed by atoms with van der Waals surface area (Å²) < 4.78 is 39.5. The summed E-state index contributed by atoms with van der Waals surface area (Å²) in [7, 11) is 0. The number of halogens is 3. The van der Waals surface area contributed by atoms with Crippen molar-refractivity contribution in [2.24, 2.45) is 5.92 Å². The third-order valence-electron chi connectivity index (χ3n) is 4.37. The van der Waals surface area contributed by atoms with Crippen molar-refractivity contribution < 1.29 is 18.0 Å². The molecule has 2 atom stereocenters. The molecule has 0 aliphatic rings. The number of hydrogen-bond donors (Lipinski definition) is 1. The van der Waals surface area contributed by atoms with E-state index in [9.17, 15) is 18.0 Å². The molecule has 0 fully saturated rings. The fraction of sp³-hybridized carbons (Fsp3) is 0.474. The average molecular weight is 367 g/mol. The molecule has 142 valence electrons. The molecular weight excluding hydrogens is 343 g/mol. The minimum absolute atomic E-state index is 0.0953. The first-order valence-electron chi connectivity index (χ1n) is 8.60. The van der Waals surface area contributed by atoms with Crippen molar-refractivity contribution in [1.29, 1.82) is 0 Å². The van der Waals surface area contributed by atoms with Gasteiger partial charge in [0, 0.05) is 5.69 Å². The molecule has 2 unspecified atom stereocenters. The molecule has 0 radical (unpaired) electrons. The van der Waals surface area contributed by atoms with Gasteiger partial charge in [-0.2, -0.15) is 18.3 Å². The summed E-state index contributed by atoms with van der Waals surface area (Å²) in [6, 6.07) is 8.78. The standard InChI is InChI=1S/C19H24F3N3O/c1-5-16(15-8-6-12(2)7-9-15)23-18(26)13(3)11-25-14(4)10-17(24-25)19(20,21)22/h6-10,13,16H,5,11H2,1-4H3,(H,23,26). The lowest BCUT2D eigenvalue weighted by Crippen LogP contribution is -2.34. The molecule has 2 aromatic rings. The third kappa shape index (κ3) is 4.86. The lowest BCUT2D eigenvalue weighted by Gasteiger charge is -2.21. The van der Waals surface area contributed by atoms with E-state index in [2.05, 4.69) is 10.4 Å². The van der Waals surface area contributed by atoms with Crippen LogP contribution in [-0.2, 0) is 17.5 Å². The summed E-state index contributed by atoms with van der Waals surface area (Å²) in [4.78, 5) is 12.5. The molecule has 0 aliphatic carbocycles. The second-order valence-corrected chi connectivity index (χ2v) is 6.63. The SMILES string of the molecule is CCC(NC(=O)C(C)Cn1nc(C(F)(F)F)cc1C)c1ccc(C)cc1. The molecule has 0 bridgehead atoms. The highest BCUT2D eigenvalue weighted by Gasteiger charge is 2.34. The number of hydrogen-bond acceptors (Lipinski definition) is 2. The van der Waals surface area contributed by atoms with Gasteiger partial charge in [0.25, 0.3) is 0 Å². The van der Waals surface area contributed by atoms with Gasteiger partial charge < -0.3 is 5.32 Å². The van der Waals surface area contributed by atoms with Crippen molar-refractivity contribution in [2.75, 3.05) is 0 Å².